The van der Waals surface area contributed by atoms with Crippen molar-refractivity contribution in [1.29, 1.82) is 0 Å². The fourth-order valence-corrected chi connectivity index (χ4v) is 6.78. The number of carbonyl (C=O) groups excluding carboxylic acids is 2. The summed E-state index contributed by atoms with van der Waals surface area (Å²) in [7, 11) is -3.47. The Kier molecular flexibility index (Phi) is 10.0. The topological polar surface area (TPSA) is 114 Å². The number of carbonyl (C=O) groups is 2. The molecule has 10 nitrogen and oxygen atoms in total. The molecular weight excluding hydrogens is 542 g/mol. The predicted octanol–water partition coefficient (Wildman–Crippen LogP) is 3.73. The Morgan fingerprint density at radius 2 is 1.92 bits per heavy atom. The molecule has 1 unspecified atom stereocenters. The van der Waals surface area contributed by atoms with Crippen LogP contribution in [0.1, 0.15) is 56.9 Å². The molecule has 0 spiro atoms. The maximum absolute atomic E-state index is 13.5. The molecule has 39 heavy (non-hydrogen) atoms. The zero-order valence-corrected chi connectivity index (χ0v) is 24.2. The Morgan fingerprint density at radius 1 is 1.21 bits per heavy atom. The Balaban J connectivity index is 1.41. The average molecular weight is 580 g/mol. The van der Waals surface area contributed by atoms with E-state index in [0.717, 1.165) is 31.9 Å². The molecule has 2 fully saturated rings. The summed E-state index contributed by atoms with van der Waals surface area (Å²) < 4.78 is 31.1. The van der Waals surface area contributed by atoms with Crippen molar-refractivity contribution in [2.45, 2.75) is 62.8 Å². The van der Waals surface area contributed by atoms with Crippen molar-refractivity contribution in [2.75, 3.05) is 44.4 Å². The zero-order valence-electron chi connectivity index (χ0n) is 22.6. The second kappa shape index (κ2) is 13.3. The highest BCUT2D eigenvalue weighted by Crippen LogP contribution is 2.36. The van der Waals surface area contributed by atoms with Crippen molar-refractivity contribution in [3.8, 4) is 0 Å². The molecule has 0 radical (unpaired) electrons. The summed E-state index contributed by atoms with van der Waals surface area (Å²) in [6, 6.07) is 6.47. The van der Waals surface area contributed by atoms with Gasteiger partial charge in [-0.05, 0) is 37.0 Å². The lowest BCUT2D eigenvalue weighted by molar-refractivity contribution is -0.156. The first kappa shape index (κ1) is 29.5. The van der Waals surface area contributed by atoms with Crippen LogP contribution in [0.4, 0.5) is 5.82 Å². The number of rotatable bonds is 11. The summed E-state index contributed by atoms with van der Waals surface area (Å²) >= 11 is 6.32. The lowest BCUT2D eigenvalue weighted by Gasteiger charge is -2.36. The molecule has 1 aliphatic carbocycles. The molecule has 2 amide bonds. The quantitative estimate of drug-likeness (QED) is 0.431. The monoisotopic (exact) mass is 579 g/mol. The van der Waals surface area contributed by atoms with Gasteiger partial charge in [-0.1, -0.05) is 43.4 Å². The van der Waals surface area contributed by atoms with Crippen LogP contribution in [0.25, 0.3) is 0 Å². The number of aryl methyl sites for hydroxylation is 1. The number of sulfone groups is 1. The fourth-order valence-electron chi connectivity index (χ4n) is 5.44. The number of nitrogens with zero attached hydrogens (tertiary/aromatic N) is 4. The number of hydrazine groups is 1. The van der Waals surface area contributed by atoms with Crippen molar-refractivity contribution < 1.29 is 22.7 Å². The van der Waals surface area contributed by atoms with Gasteiger partial charge in [0.1, 0.15) is 0 Å². The number of anilines is 1. The molecule has 2 aliphatic rings. The smallest absolute Gasteiger partial charge is 0.238 e. The van der Waals surface area contributed by atoms with E-state index in [9.17, 15) is 18.0 Å². The van der Waals surface area contributed by atoms with Crippen LogP contribution < -0.4 is 5.32 Å². The highest BCUT2D eigenvalue weighted by molar-refractivity contribution is 7.90. The minimum atomic E-state index is -3.47. The van der Waals surface area contributed by atoms with Crippen LogP contribution in [0.2, 0.25) is 5.02 Å². The molecule has 1 saturated carbocycles. The molecule has 0 bridgehead atoms. The summed E-state index contributed by atoms with van der Waals surface area (Å²) in [5.41, 5.74) is 0.685. The van der Waals surface area contributed by atoms with Crippen LogP contribution >= 0.6 is 11.6 Å². The summed E-state index contributed by atoms with van der Waals surface area (Å²) in [6.45, 7) is 5.56. The Morgan fingerprint density at radius 3 is 2.56 bits per heavy atom. The summed E-state index contributed by atoms with van der Waals surface area (Å²) in [5.74, 6) is 0.147. The third-order valence-corrected chi connectivity index (χ3v) is 9.06. The minimum absolute atomic E-state index is 0.0199. The number of morpholine rings is 1. The first-order valence-corrected chi connectivity index (χ1v) is 15.9. The molecule has 214 valence electrons. The lowest BCUT2D eigenvalue weighted by Crippen LogP contribution is -2.51. The standard InChI is InChI=1S/C27H38ClN5O5S/c1-3-33(32-14-16-38-17-15-32)26(34)11-13-31-12-10-25(30-31)29-27(35)22(18-20-6-4-5-7-20)21-8-9-24(23(28)19-21)39(2,36)37/h8-10,12,19-20,22H,3-7,11,13-18H2,1-2H3,(H,29,30,35). The lowest BCUT2D eigenvalue weighted by atomic mass is 9.87. The zero-order chi connectivity index (χ0) is 28.0. The molecule has 12 heteroatoms. The third-order valence-electron chi connectivity index (χ3n) is 7.48. The molecule has 1 aromatic heterocycles. The second-order valence-electron chi connectivity index (χ2n) is 10.3. The van der Waals surface area contributed by atoms with Crippen molar-refractivity contribution in [2.24, 2.45) is 5.92 Å². The Hall–Kier alpha value is -2.47. The van der Waals surface area contributed by atoms with Crippen LogP contribution in [0.5, 0.6) is 0 Å². The van der Waals surface area contributed by atoms with Gasteiger partial charge < -0.3 is 10.1 Å². The van der Waals surface area contributed by atoms with E-state index in [0.29, 0.717) is 63.1 Å². The maximum Gasteiger partial charge on any atom is 0.238 e. The SMILES string of the molecule is CCN(C(=O)CCn1ccc(NC(=O)C(CC2CCCC2)c2ccc(S(C)(=O)=O)c(Cl)c2)n1)N1CCOCC1. The molecule has 1 N–H and O–H groups in total. The summed E-state index contributed by atoms with van der Waals surface area (Å²) in [5, 5.41) is 11.3. The van der Waals surface area contributed by atoms with E-state index in [1.807, 2.05) is 11.9 Å². The van der Waals surface area contributed by atoms with E-state index in [4.69, 9.17) is 16.3 Å². The van der Waals surface area contributed by atoms with Gasteiger partial charge in [0, 0.05) is 51.1 Å². The Labute approximate surface area is 235 Å². The highest BCUT2D eigenvalue weighted by Gasteiger charge is 2.28. The largest absolute Gasteiger partial charge is 0.379 e. The van der Waals surface area contributed by atoms with Crippen molar-refractivity contribution in [1.82, 2.24) is 19.8 Å². The molecule has 2 heterocycles. The van der Waals surface area contributed by atoms with Gasteiger partial charge in [-0.15, -0.1) is 0 Å². The van der Waals surface area contributed by atoms with Gasteiger partial charge >= 0.3 is 0 Å². The number of ether oxygens (including phenoxy) is 1. The normalized spacial score (nSPS) is 17.7. The summed E-state index contributed by atoms with van der Waals surface area (Å²) in [6.07, 6.45) is 8.25. The van der Waals surface area contributed by atoms with Crippen molar-refractivity contribution in [3.63, 3.8) is 0 Å². The fraction of sp³-hybridized carbons (Fsp3) is 0.593. The number of amides is 2. The molecule has 2 aromatic rings. The van der Waals surface area contributed by atoms with Crippen LogP contribution in [-0.2, 0) is 30.7 Å². The van der Waals surface area contributed by atoms with Gasteiger partial charge in [0.25, 0.3) is 0 Å². The number of aromatic nitrogens is 2. The van der Waals surface area contributed by atoms with Gasteiger partial charge in [-0.3, -0.25) is 19.3 Å². The minimum Gasteiger partial charge on any atom is -0.379 e. The van der Waals surface area contributed by atoms with Gasteiger partial charge in [-0.2, -0.15) is 5.10 Å². The third kappa shape index (κ3) is 7.81. The van der Waals surface area contributed by atoms with E-state index in [2.05, 4.69) is 10.4 Å². The van der Waals surface area contributed by atoms with Crippen LogP contribution in [0.3, 0.4) is 0 Å². The highest BCUT2D eigenvalue weighted by atomic mass is 35.5. The maximum atomic E-state index is 13.5. The van der Waals surface area contributed by atoms with E-state index < -0.39 is 15.8 Å². The van der Waals surface area contributed by atoms with Crippen molar-refractivity contribution >= 4 is 39.1 Å². The number of benzene rings is 1. The predicted molar refractivity (Wildman–Crippen MR) is 149 cm³/mol. The van der Waals surface area contributed by atoms with E-state index in [1.54, 1.807) is 34.1 Å². The van der Waals surface area contributed by atoms with Gasteiger partial charge in [0.15, 0.2) is 15.7 Å². The van der Waals surface area contributed by atoms with Crippen molar-refractivity contribution in [3.05, 3.63) is 41.0 Å². The summed E-state index contributed by atoms with van der Waals surface area (Å²) in [4.78, 5) is 26.4. The molecule has 4 rings (SSSR count). The molecule has 1 saturated heterocycles. The first-order chi connectivity index (χ1) is 18.7. The number of nitrogens with one attached hydrogen (secondary N) is 1. The van der Waals surface area contributed by atoms with Gasteiger partial charge in [0.05, 0.1) is 29.0 Å². The Bertz CT molecular complexity index is 1260. The van der Waals surface area contributed by atoms with E-state index in [1.165, 1.54) is 6.07 Å². The van der Waals surface area contributed by atoms with Crippen LogP contribution in [0.15, 0.2) is 35.4 Å². The van der Waals surface area contributed by atoms with Gasteiger partial charge in [-0.25, -0.2) is 13.4 Å². The number of hydrogen-bond acceptors (Lipinski definition) is 7. The van der Waals surface area contributed by atoms with Gasteiger partial charge in [0.2, 0.25) is 11.8 Å². The van der Waals surface area contributed by atoms with Crippen LogP contribution in [-0.4, -0.2) is 79.1 Å². The van der Waals surface area contributed by atoms with E-state index in [-0.39, 0.29) is 28.2 Å². The van der Waals surface area contributed by atoms with Crippen LogP contribution in [0, 0.1) is 5.92 Å². The molecule has 1 aromatic carbocycles. The number of hydrogen-bond donors (Lipinski definition) is 1. The molecule has 1 aliphatic heterocycles. The first-order valence-electron chi connectivity index (χ1n) is 13.6. The number of halogens is 1. The van der Waals surface area contributed by atoms with E-state index >= 15 is 0 Å². The second-order valence-corrected chi connectivity index (χ2v) is 12.7. The average Bonchev–Trinajstić information content (AvgIpc) is 3.58. The molecular formula is C27H38ClN5O5S. The molecule has 1 atom stereocenters.